The van der Waals surface area contributed by atoms with E-state index in [-0.39, 0.29) is 18.6 Å². The Morgan fingerprint density at radius 2 is 1.79 bits per heavy atom. The predicted molar refractivity (Wildman–Crippen MR) is 104 cm³/mol. The topological polar surface area (TPSA) is 87.0 Å². The summed E-state index contributed by atoms with van der Waals surface area (Å²) in [5.74, 6) is 1.46. The molecule has 2 aromatic carbocycles. The molecular weight excluding hydrogens is 362 g/mol. The molecule has 7 nitrogen and oxygen atoms in total. The summed E-state index contributed by atoms with van der Waals surface area (Å²) in [5.41, 5.74) is 0.756. The zero-order valence-corrected chi connectivity index (χ0v) is 15.9. The Balaban J connectivity index is 1.65. The van der Waals surface area contributed by atoms with Gasteiger partial charge in [-0.05, 0) is 43.3 Å². The highest BCUT2D eigenvalue weighted by atomic mass is 16.5. The van der Waals surface area contributed by atoms with Crippen LogP contribution in [0.25, 0.3) is 11.0 Å². The summed E-state index contributed by atoms with van der Waals surface area (Å²) in [6.45, 7) is 1.67. The van der Waals surface area contributed by atoms with Crippen molar-refractivity contribution in [2.24, 2.45) is 0 Å². The van der Waals surface area contributed by atoms with Crippen LogP contribution in [-0.4, -0.2) is 26.7 Å². The molecule has 0 aliphatic carbocycles. The van der Waals surface area contributed by atoms with Crippen molar-refractivity contribution in [3.63, 3.8) is 0 Å². The van der Waals surface area contributed by atoms with Gasteiger partial charge in [-0.2, -0.15) is 0 Å². The van der Waals surface area contributed by atoms with E-state index in [0.717, 1.165) is 10.9 Å². The van der Waals surface area contributed by atoms with Gasteiger partial charge in [0.25, 0.3) is 5.91 Å². The van der Waals surface area contributed by atoms with Crippen LogP contribution in [0.1, 0.15) is 18.5 Å². The molecule has 0 saturated carbocycles. The van der Waals surface area contributed by atoms with Crippen LogP contribution in [0.2, 0.25) is 0 Å². The first-order valence-electron chi connectivity index (χ1n) is 8.68. The largest absolute Gasteiger partial charge is 0.497 e. The molecule has 1 atom stereocenters. The number of carbonyl (C=O) groups is 1. The quantitative estimate of drug-likeness (QED) is 0.631. The first-order valence-corrected chi connectivity index (χ1v) is 8.68. The molecular formula is C21H21NO6. The molecule has 3 aromatic rings. The third kappa shape index (κ3) is 4.43. The van der Waals surface area contributed by atoms with Crippen LogP contribution < -0.4 is 25.2 Å². The Morgan fingerprint density at radius 1 is 1.04 bits per heavy atom. The summed E-state index contributed by atoms with van der Waals surface area (Å²) in [5, 5.41) is 3.64. The maximum absolute atomic E-state index is 12.3. The number of fused-ring (bicyclic) bond motifs is 1. The molecule has 1 aromatic heterocycles. The monoisotopic (exact) mass is 383 g/mol. The second-order valence-corrected chi connectivity index (χ2v) is 6.14. The molecule has 0 fully saturated rings. The molecule has 0 aliphatic rings. The summed E-state index contributed by atoms with van der Waals surface area (Å²) in [7, 11) is 3.15. The van der Waals surface area contributed by atoms with Crippen molar-refractivity contribution in [2.75, 3.05) is 20.8 Å². The van der Waals surface area contributed by atoms with Crippen LogP contribution in [0.15, 0.2) is 57.7 Å². The second-order valence-electron chi connectivity index (χ2n) is 6.14. The first-order chi connectivity index (χ1) is 13.5. The van der Waals surface area contributed by atoms with E-state index in [0.29, 0.717) is 22.8 Å². The van der Waals surface area contributed by atoms with Gasteiger partial charge < -0.3 is 23.9 Å². The van der Waals surface area contributed by atoms with Crippen molar-refractivity contribution in [1.82, 2.24) is 5.32 Å². The van der Waals surface area contributed by atoms with Gasteiger partial charge in [0, 0.05) is 23.1 Å². The molecule has 0 saturated heterocycles. The van der Waals surface area contributed by atoms with Gasteiger partial charge in [-0.1, -0.05) is 0 Å². The number of rotatable bonds is 7. The number of nitrogens with one attached hydrogen (secondary N) is 1. The number of carbonyl (C=O) groups excluding carboxylic acids is 1. The van der Waals surface area contributed by atoms with Crippen molar-refractivity contribution in [2.45, 2.75) is 13.0 Å². The number of amides is 1. The summed E-state index contributed by atoms with van der Waals surface area (Å²) >= 11 is 0. The van der Waals surface area contributed by atoms with Gasteiger partial charge in [-0.3, -0.25) is 4.79 Å². The lowest BCUT2D eigenvalue weighted by atomic mass is 10.1. The third-order valence-electron chi connectivity index (χ3n) is 4.25. The molecule has 28 heavy (non-hydrogen) atoms. The fourth-order valence-electron chi connectivity index (χ4n) is 2.82. The van der Waals surface area contributed by atoms with Gasteiger partial charge >= 0.3 is 5.63 Å². The predicted octanol–water partition coefficient (Wildman–Crippen LogP) is 3.07. The lowest BCUT2D eigenvalue weighted by Gasteiger charge is -2.18. The fourth-order valence-corrected chi connectivity index (χ4v) is 2.82. The zero-order chi connectivity index (χ0) is 20.1. The number of benzene rings is 2. The SMILES string of the molecule is COc1ccc(OC)c([C@@H](C)NC(=O)COc2ccc3ccc(=O)oc3c2)c1. The van der Waals surface area contributed by atoms with E-state index in [1.54, 1.807) is 50.6 Å². The van der Waals surface area contributed by atoms with Gasteiger partial charge in [-0.25, -0.2) is 4.79 Å². The van der Waals surface area contributed by atoms with E-state index < -0.39 is 5.63 Å². The van der Waals surface area contributed by atoms with E-state index in [9.17, 15) is 9.59 Å². The molecule has 146 valence electrons. The second kappa shape index (κ2) is 8.47. The van der Waals surface area contributed by atoms with Crippen LogP contribution in [-0.2, 0) is 4.79 Å². The highest BCUT2D eigenvalue weighted by Crippen LogP contribution is 2.29. The molecule has 1 N–H and O–H groups in total. The molecule has 7 heteroatoms. The van der Waals surface area contributed by atoms with Crippen molar-refractivity contribution in [3.05, 3.63) is 64.5 Å². The van der Waals surface area contributed by atoms with Gasteiger partial charge in [-0.15, -0.1) is 0 Å². The zero-order valence-electron chi connectivity index (χ0n) is 15.9. The smallest absolute Gasteiger partial charge is 0.336 e. The first kappa shape index (κ1) is 19.3. The number of hydrogen-bond acceptors (Lipinski definition) is 6. The Hall–Kier alpha value is -3.48. The summed E-state index contributed by atoms with van der Waals surface area (Å²) in [6.07, 6.45) is 0. The maximum atomic E-state index is 12.3. The van der Waals surface area contributed by atoms with Crippen molar-refractivity contribution in [1.29, 1.82) is 0 Å². The lowest BCUT2D eigenvalue weighted by Crippen LogP contribution is -2.31. The Morgan fingerprint density at radius 3 is 2.54 bits per heavy atom. The van der Waals surface area contributed by atoms with Crippen molar-refractivity contribution in [3.8, 4) is 17.2 Å². The standard InChI is InChI=1S/C21H21NO6/c1-13(17-10-15(25-2)7-8-18(17)26-3)22-20(23)12-27-16-6-4-14-5-9-21(24)28-19(14)11-16/h4-11,13H,12H2,1-3H3,(H,22,23)/t13-/m1/s1. The van der Waals surface area contributed by atoms with E-state index in [1.807, 2.05) is 13.0 Å². The molecule has 3 rings (SSSR count). The highest BCUT2D eigenvalue weighted by molar-refractivity contribution is 5.79. The van der Waals surface area contributed by atoms with Gasteiger partial charge in [0.05, 0.1) is 20.3 Å². The fraction of sp³-hybridized carbons (Fsp3) is 0.238. The van der Waals surface area contributed by atoms with Gasteiger partial charge in [0.1, 0.15) is 22.8 Å². The molecule has 0 unspecified atom stereocenters. The number of ether oxygens (including phenoxy) is 3. The minimum Gasteiger partial charge on any atom is -0.497 e. The molecule has 0 bridgehead atoms. The van der Waals surface area contributed by atoms with Crippen LogP contribution in [0.4, 0.5) is 0 Å². The molecule has 0 radical (unpaired) electrons. The summed E-state index contributed by atoms with van der Waals surface area (Å²) < 4.78 is 21.2. The van der Waals surface area contributed by atoms with E-state index in [4.69, 9.17) is 18.6 Å². The lowest BCUT2D eigenvalue weighted by molar-refractivity contribution is -0.123. The Bertz CT molecular complexity index is 1040. The van der Waals surface area contributed by atoms with Crippen LogP contribution in [0, 0.1) is 0 Å². The van der Waals surface area contributed by atoms with Crippen LogP contribution >= 0.6 is 0 Å². The molecule has 1 heterocycles. The van der Waals surface area contributed by atoms with Gasteiger partial charge in [0.15, 0.2) is 6.61 Å². The average molecular weight is 383 g/mol. The molecule has 0 aliphatic heterocycles. The molecule has 1 amide bonds. The van der Waals surface area contributed by atoms with Gasteiger partial charge in [0.2, 0.25) is 0 Å². The molecule has 0 spiro atoms. The minimum absolute atomic E-state index is 0.181. The average Bonchev–Trinajstić information content (AvgIpc) is 2.71. The highest BCUT2D eigenvalue weighted by Gasteiger charge is 2.15. The summed E-state index contributed by atoms with van der Waals surface area (Å²) in [4.78, 5) is 23.6. The summed E-state index contributed by atoms with van der Waals surface area (Å²) in [6, 6.07) is 13.2. The van der Waals surface area contributed by atoms with Crippen molar-refractivity contribution >= 4 is 16.9 Å². The number of methoxy groups -OCH3 is 2. The minimum atomic E-state index is -0.441. The van der Waals surface area contributed by atoms with E-state index >= 15 is 0 Å². The van der Waals surface area contributed by atoms with E-state index in [1.165, 1.54) is 6.07 Å². The third-order valence-corrected chi connectivity index (χ3v) is 4.25. The number of hydrogen-bond donors (Lipinski definition) is 1. The maximum Gasteiger partial charge on any atom is 0.336 e. The van der Waals surface area contributed by atoms with Crippen molar-refractivity contribution < 1.29 is 23.4 Å². The van der Waals surface area contributed by atoms with Crippen LogP contribution in [0.3, 0.4) is 0 Å². The van der Waals surface area contributed by atoms with Crippen LogP contribution in [0.5, 0.6) is 17.2 Å². The Kier molecular flexibility index (Phi) is 5.84. The van der Waals surface area contributed by atoms with E-state index in [2.05, 4.69) is 5.32 Å². The Labute approximate surface area is 161 Å². The normalized spacial score (nSPS) is 11.7.